The fraction of sp³-hybridized carbons (Fsp3) is 0.538. The highest BCUT2D eigenvalue weighted by Gasteiger charge is 2.50. The summed E-state index contributed by atoms with van der Waals surface area (Å²) in [5.74, 6) is 0.273. The molecule has 0 aromatic carbocycles. The van der Waals surface area contributed by atoms with Crippen LogP contribution in [0.1, 0.15) is 25.7 Å². The van der Waals surface area contributed by atoms with Crippen LogP contribution in [0.3, 0.4) is 0 Å². The van der Waals surface area contributed by atoms with Crippen molar-refractivity contribution in [2.45, 2.75) is 31.3 Å². The molecule has 0 aliphatic heterocycles. The van der Waals surface area contributed by atoms with Gasteiger partial charge in [-0.1, -0.05) is 0 Å². The van der Waals surface area contributed by atoms with Crippen LogP contribution in [0, 0.1) is 5.92 Å². The van der Waals surface area contributed by atoms with Crippen LogP contribution in [0.2, 0.25) is 0 Å². The lowest BCUT2D eigenvalue weighted by Crippen LogP contribution is -2.48. The number of ketones is 2. The highest BCUT2D eigenvalue weighted by molar-refractivity contribution is 6.21. The molecule has 2 bridgehead atoms. The first-order chi connectivity index (χ1) is 7.68. The number of rotatable bonds is 1. The summed E-state index contributed by atoms with van der Waals surface area (Å²) < 4.78 is 5.59. The number of carbonyl (C=O) groups excluding carboxylic acids is 2. The molecular formula is C13H14O3. The third kappa shape index (κ3) is 1.07. The average molecular weight is 218 g/mol. The number of fused-ring (bicyclic) bond motifs is 2. The van der Waals surface area contributed by atoms with Gasteiger partial charge in [0, 0.05) is 18.3 Å². The highest BCUT2D eigenvalue weighted by atomic mass is 16.5. The van der Waals surface area contributed by atoms with E-state index in [0.717, 1.165) is 31.3 Å². The predicted octanol–water partition coefficient (Wildman–Crippen LogP) is 1.58. The van der Waals surface area contributed by atoms with Crippen molar-refractivity contribution in [1.82, 2.24) is 0 Å². The van der Waals surface area contributed by atoms with Crippen LogP contribution in [0.5, 0.6) is 0 Å². The van der Waals surface area contributed by atoms with Gasteiger partial charge in [-0.3, -0.25) is 9.59 Å². The number of allylic oxidation sites excluding steroid dienone is 3. The SMILES string of the molecule is COC12CCC(CC1)C1=C2C(=O)C=CC1=O. The van der Waals surface area contributed by atoms with E-state index in [-0.39, 0.29) is 17.5 Å². The minimum atomic E-state index is -0.471. The molecular weight excluding hydrogens is 204 g/mol. The Hall–Kier alpha value is -1.22. The average Bonchev–Trinajstić information content (AvgIpc) is 2.35. The Morgan fingerprint density at radius 3 is 2.44 bits per heavy atom. The van der Waals surface area contributed by atoms with Gasteiger partial charge in [0.2, 0.25) is 0 Å². The molecule has 0 unspecified atom stereocenters. The third-order valence-corrected chi connectivity index (χ3v) is 4.22. The minimum Gasteiger partial charge on any atom is -0.373 e. The van der Waals surface area contributed by atoms with Crippen molar-refractivity contribution >= 4 is 11.6 Å². The summed E-state index contributed by atoms with van der Waals surface area (Å²) in [5, 5.41) is 0. The molecule has 3 nitrogen and oxygen atoms in total. The van der Waals surface area contributed by atoms with Gasteiger partial charge in [-0.25, -0.2) is 0 Å². The molecule has 1 saturated carbocycles. The summed E-state index contributed by atoms with van der Waals surface area (Å²) >= 11 is 0. The molecule has 4 aliphatic rings. The second-order valence-electron chi connectivity index (χ2n) is 4.82. The first-order valence-corrected chi connectivity index (χ1v) is 5.74. The van der Waals surface area contributed by atoms with Gasteiger partial charge in [-0.2, -0.15) is 0 Å². The zero-order chi connectivity index (χ0) is 11.3. The zero-order valence-electron chi connectivity index (χ0n) is 9.29. The van der Waals surface area contributed by atoms with Crippen molar-refractivity contribution < 1.29 is 14.3 Å². The van der Waals surface area contributed by atoms with Crippen molar-refractivity contribution in [3.05, 3.63) is 23.3 Å². The van der Waals surface area contributed by atoms with E-state index in [9.17, 15) is 9.59 Å². The van der Waals surface area contributed by atoms with Gasteiger partial charge in [0.1, 0.15) is 0 Å². The van der Waals surface area contributed by atoms with Gasteiger partial charge in [-0.15, -0.1) is 0 Å². The number of carbonyl (C=O) groups is 2. The lowest BCUT2D eigenvalue weighted by atomic mass is 9.61. The summed E-state index contributed by atoms with van der Waals surface area (Å²) in [6.45, 7) is 0. The monoisotopic (exact) mass is 218 g/mol. The first-order valence-electron chi connectivity index (χ1n) is 5.74. The molecule has 4 rings (SSSR count). The summed E-state index contributed by atoms with van der Waals surface area (Å²) in [7, 11) is 1.65. The second-order valence-corrected chi connectivity index (χ2v) is 4.82. The summed E-state index contributed by atoms with van der Waals surface area (Å²) in [4.78, 5) is 23.8. The Morgan fingerprint density at radius 2 is 1.81 bits per heavy atom. The maximum Gasteiger partial charge on any atom is 0.185 e. The Balaban J connectivity index is 2.21. The molecule has 0 aromatic rings. The van der Waals surface area contributed by atoms with Gasteiger partial charge < -0.3 is 4.74 Å². The summed E-state index contributed by atoms with van der Waals surface area (Å²) in [6.07, 6.45) is 6.49. The lowest BCUT2D eigenvalue weighted by molar-refractivity contribution is -0.121. The molecule has 0 atom stereocenters. The van der Waals surface area contributed by atoms with E-state index in [0.29, 0.717) is 5.57 Å². The molecule has 0 radical (unpaired) electrons. The molecule has 84 valence electrons. The van der Waals surface area contributed by atoms with Crippen molar-refractivity contribution in [2.24, 2.45) is 5.92 Å². The molecule has 0 heterocycles. The van der Waals surface area contributed by atoms with E-state index in [2.05, 4.69) is 0 Å². The van der Waals surface area contributed by atoms with Gasteiger partial charge in [-0.05, 0) is 43.8 Å². The highest BCUT2D eigenvalue weighted by Crippen LogP contribution is 2.51. The number of methoxy groups -OCH3 is 1. The van der Waals surface area contributed by atoms with Crippen LogP contribution in [0.4, 0.5) is 0 Å². The van der Waals surface area contributed by atoms with Crippen molar-refractivity contribution in [3.8, 4) is 0 Å². The van der Waals surface area contributed by atoms with Crippen LogP contribution < -0.4 is 0 Å². The van der Waals surface area contributed by atoms with Gasteiger partial charge in [0.25, 0.3) is 0 Å². The number of ether oxygens (including phenoxy) is 1. The van der Waals surface area contributed by atoms with E-state index >= 15 is 0 Å². The maximum absolute atomic E-state index is 12.0. The minimum absolute atomic E-state index is 0.0143. The van der Waals surface area contributed by atoms with Crippen LogP contribution in [0.25, 0.3) is 0 Å². The first kappa shape index (κ1) is 9.97. The van der Waals surface area contributed by atoms with E-state index in [4.69, 9.17) is 4.74 Å². The smallest absolute Gasteiger partial charge is 0.185 e. The fourth-order valence-corrected chi connectivity index (χ4v) is 3.38. The summed E-state index contributed by atoms with van der Waals surface area (Å²) in [5.41, 5.74) is 0.929. The molecule has 0 spiro atoms. The second kappa shape index (κ2) is 3.14. The molecule has 0 saturated heterocycles. The number of hydrogen-bond donors (Lipinski definition) is 0. The predicted molar refractivity (Wildman–Crippen MR) is 57.9 cm³/mol. The van der Waals surface area contributed by atoms with Gasteiger partial charge in [0.15, 0.2) is 11.6 Å². The molecule has 16 heavy (non-hydrogen) atoms. The van der Waals surface area contributed by atoms with Crippen molar-refractivity contribution in [3.63, 3.8) is 0 Å². The van der Waals surface area contributed by atoms with Crippen LogP contribution >= 0.6 is 0 Å². The van der Waals surface area contributed by atoms with E-state index in [1.165, 1.54) is 12.2 Å². The zero-order valence-corrected chi connectivity index (χ0v) is 9.29. The summed E-state index contributed by atoms with van der Waals surface area (Å²) in [6, 6.07) is 0. The lowest BCUT2D eigenvalue weighted by Gasteiger charge is -2.47. The normalized spacial score (nSPS) is 36.9. The van der Waals surface area contributed by atoms with E-state index in [1.807, 2.05) is 0 Å². The van der Waals surface area contributed by atoms with Crippen LogP contribution in [0.15, 0.2) is 23.3 Å². The van der Waals surface area contributed by atoms with Gasteiger partial charge >= 0.3 is 0 Å². The maximum atomic E-state index is 12.0. The number of hydrogen-bond acceptors (Lipinski definition) is 3. The Bertz CT molecular complexity index is 434. The van der Waals surface area contributed by atoms with Crippen molar-refractivity contribution in [1.29, 1.82) is 0 Å². The Kier molecular flexibility index (Phi) is 1.96. The molecule has 0 N–H and O–H groups in total. The fourth-order valence-electron chi connectivity index (χ4n) is 3.38. The Labute approximate surface area is 94.2 Å². The topological polar surface area (TPSA) is 43.4 Å². The standard InChI is InChI=1S/C13H14O3/c1-16-13-6-4-8(5-7-13)11-9(14)2-3-10(15)12(11)13/h2-3,8H,4-7H2,1H3. The third-order valence-electron chi connectivity index (χ3n) is 4.22. The van der Waals surface area contributed by atoms with Crippen LogP contribution in [-0.4, -0.2) is 24.3 Å². The van der Waals surface area contributed by atoms with Crippen LogP contribution in [-0.2, 0) is 14.3 Å². The van der Waals surface area contributed by atoms with Crippen molar-refractivity contribution in [2.75, 3.05) is 7.11 Å². The largest absolute Gasteiger partial charge is 0.373 e. The quantitative estimate of drug-likeness (QED) is 0.627. The molecule has 3 heteroatoms. The molecule has 1 fully saturated rings. The van der Waals surface area contributed by atoms with Gasteiger partial charge in [0.05, 0.1) is 5.60 Å². The molecule has 4 aliphatic carbocycles. The van der Waals surface area contributed by atoms with E-state index < -0.39 is 5.60 Å². The van der Waals surface area contributed by atoms with E-state index in [1.54, 1.807) is 7.11 Å². The molecule has 0 aromatic heterocycles. The Morgan fingerprint density at radius 1 is 1.19 bits per heavy atom. The molecule has 0 amide bonds.